The van der Waals surface area contributed by atoms with Gasteiger partial charge in [0.15, 0.2) is 0 Å². The maximum atomic E-state index is 11.9. The maximum absolute atomic E-state index is 11.9. The van der Waals surface area contributed by atoms with Gasteiger partial charge in [-0.2, -0.15) is 0 Å². The molecule has 1 amide bonds. The number of nitrogens with zero attached hydrogens (tertiary/aromatic N) is 2. The number of amides is 1. The molecule has 118 valence electrons. The van der Waals surface area contributed by atoms with Crippen molar-refractivity contribution in [1.29, 1.82) is 0 Å². The van der Waals surface area contributed by atoms with Gasteiger partial charge in [0.2, 0.25) is 5.91 Å². The van der Waals surface area contributed by atoms with Gasteiger partial charge in [-0.3, -0.25) is 4.79 Å². The summed E-state index contributed by atoms with van der Waals surface area (Å²) in [7, 11) is 2.04. The Morgan fingerprint density at radius 3 is 2.61 bits per heavy atom. The fraction of sp³-hybridized carbons (Fsp3) is 0.263. The van der Waals surface area contributed by atoms with Crippen molar-refractivity contribution in [3.63, 3.8) is 0 Å². The van der Waals surface area contributed by atoms with E-state index in [0.717, 1.165) is 35.3 Å². The number of carbonyl (C=O) groups is 1. The highest BCUT2D eigenvalue weighted by molar-refractivity contribution is 5.78. The molecule has 1 N–H and O–H groups in total. The van der Waals surface area contributed by atoms with Crippen LogP contribution in [0.25, 0.3) is 11.0 Å². The number of hydrogen-bond donors (Lipinski definition) is 1. The lowest BCUT2D eigenvalue weighted by Gasteiger charge is -2.06. The number of aromatic nitrogens is 2. The van der Waals surface area contributed by atoms with E-state index in [1.54, 1.807) is 0 Å². The summed E-state index contributed by atoms with van der Waals surface area (Å²) in [5.41, 5.74) is 3.22. The van der Waals surface area contributed by atoms with Crippen molar-refractivity contribution in [2.24, 2.45) is 7.05 Å². The monoisotopic (exact) mass is 307 g/mol. The van der Waals surface area contributed by atoms with Gasteiger partial charge >= 0.3 is 0 Å². The van der Waals surface area contributed by atoms with Gasteiger partial charge in [-0.1, -0.05) is 42.5 Å². The largest absolute Gasteiger partial charge is 0.356 e. The van der Waals surface area contributed by atoms with E-state index in [-0.39, 0.29) is 5.91 Å². The van der Waals surface area contributed by atoms with Crippen LogP contribution in [0.2, 0.25) is 0 Å². The number of imidazole rings is 1. The third-order valence-electron chi connectivity index (χ3n) is 3.99. The summed E-state index contributed by atoms with van der Waals surface area (Å²) in [5.74, 6) is 1.13. The number of benzene rings is 2. The number of rotatable bonds is 6. The Morgan fingerprint density at radius 2 is 1.83 bits per heavy atom. The van der Waals surface area contributed by atoms with E-state index in [1.807, 2.05) is 55.6 Å². The molecule has 0 aliphatic rings. The van der Waals surface area contributed by atoms with Crippen LogP contribution in [-0.2, 0) is 24.7 Å². The molecule has 3 aromatic rings. The van der Waals surface area contributed by atoms with Crippen molar-refractivity contribution < 1.29 is 4.79 Å². The number of fused-ring (bicyclic) bond motifs is 1. The summed E-state index contributed by atoms with van der Waals surface area (Å²) < 4.78 is 2.13. The lowest BCUT2D eigenvalue weighted by atomic mass is 10.1. The van der Waals surface area contributed by atoms with Crippen LogP contribution in [0.4, 0.5) is 0 Å². The smallest absolute Gasteiger partial charge is 0.224 e. The van der Waals surface area contributed by atoms with E-state index in [0.29, 0.717) is 13.0 Å². The minimum absolute atomic E-state index is 0.0706. The highest BCUT2D eigenvalue weighted by Crippen LogP contribution is 2.15. The minimum Gasteiger partial charge on any atom is -0.356 e. The number of carbonyl (C=O) groups excluding carboxylic acids is 1. The molecule has 0 unspecified atom stereocenters. The van der Waals surface area contributed by atoms with Crippen molar-refractivity contribution in [2.45, 2.75) is 19.3 Å². The second-order valence-corrected chi connectivity index (χ2v) is 5.69. The van der Waals surface area contributed by atoms with Crippen molar-refractivity contribution in [1.82, 2.24) is 14.9 Å². The summed E-state index contributed by atoms with van der Waals surface area (Å²) in [4.78, 5) is 16.5. The molecule has 1 aromatic heterocycles. The first kappa shape index (κ1) is 15.3. The van der Waals surface area contributed by atoms with Crippen molar-refractivity contribution in [3.05, 3.63) is 66.0 Å². The zero-order valence-corrected chi connectivity index (χ0v) is 13.3. The Morgan fingerprint density at radius 1 is 1.09 bits per heavy atom. The van der Waals surface area contributed by atoms with Crippen LogP contribution >= 0.6 is 0 Å². The van der Waals surface area contributed by atoms with E-state index in [2.05, 4.69) is 20.9 Å². The summed E-state index contributed by atoms with van der Waals surface area (Å²) in [5, 5.41) is 2.98. The molecule has 0 aliphatic carbocycles. The van der Waals surface area contributed by atoms with E-state index in [1.165, 1.54) is 0 Å². The van der Waals surface area contributed by atoms with Gasteiger partial charge in [-0.05, 0) is 24.1 Å². The predicted octanol–water partition coefficient (Wildman–Crippen LogP) is 2.86. The quantitative estimate of drug-likeness (QED) is 0.712. The fourth-order valence-electron chi connectivity index (χ4n) is 2.74. The highest BCUT2D eigenvalue weighted by Gasteiger charge is 2.07. The Bertz CT molecular complexity index is 793. The molecular weight excluding hydrogens is 286 g/mol. The fourth-order valence-corrected chi connectivity index (χ4v) is 2.74. The molecule has 0 saturated carbocycles. The van der Waals surface area contributed by atoms with Crippen LogP contribution in [0, 0.1) is 0 Å². The third kappa shape index (κ3) is 3.77. The standard InChI is InChI=1S/C19H21N3O/c1-22-17-11-6-5-10-16(17)21-18(22)12-7-13-20-19(23)14-15-8-3-2-4-9-15/h2-6,8-11H,7,12-14H2,1H3,(H,20,23). The first-order chi connectivity index (χ1) is 11.2. The molecule has 0 aliphatic heterocycles. The Hall–Kier alpha value is -2.62. The van der Waals surface area contributed by atoms with Crippen molar-refractivity contribution in [3.8, 4) is 0 Å². The highest BCUT2D eigenvalue weighted by atomic mass is 16.1. The second kappa shape index (κ2) is 7.09. The predicted molar refractivity (Wildman–Crippen MR) is 92.2 cm³/mol. The van der Waals surface area contributed by atoms with E-state index < -0.39 is 0 Å². The van der Waals surface area contributed by atoms with Gasteiger partial charge < -0.3 is 9.88 Å². The van der Waals surface area contributed by atoms with E-state index in [9.17, 15) is 4.79 Å². The van der Waals surface area contributed by atoms with Gasteiger partial charge in [0.1, 0.15) is 5.82 Å². The Kier molecular flexibility index (Phi) is 4.71. The summed E-state index contributed by atoms with van der Waals surface area (Å²) in [6.45, 7) is 0.675. The first-order valence-electron chi connectivity index (χ1n) is 7.95. The molecule has 3 rings (SSSR count). The van der Waals surface area contributed by atoms with Crippen molar-refractivity contribution >= 4 is 16.9 Å². The van der Waals surface area contributed by atoms with Crippen LogP contribution in [0.3, 0.4) is 0 Å². The van der Waals surface area contributed by atoms with Gasteiger partial charge in [-0.25, -0.2) is 4.98 Å². The molecule has 1 heterocycles. The van der Waals surface area contributed by atoms with E-state index in [4.69, 9.17) is 0 Å². The Labute approximate surface area is 136 Å². The lowest BCUT2D eigenvalue weighted by molar-refractivity contribution is -0.120. The zero-order valence-electron chi connectivity index (χ0n) is 13.3. The normalized spacial score (nSPS) is 10.8. The van der Waals surface area contributed by atoms with Gasteiger partial charge in [-0.15, -0.1) is 0 Å². The molecule has 0 radical (unpaired) electrons. The first-order valence-corrected chi connectivity index (χ1v) is 7.95. The zero-order chi connectivity index (χ0) is 16.1. The second-order valence-electron chi connectivity index (χ2n) is 5.69. The maximum Gasteiger partial charge on any atom is 0.224 e. The minimum atomic E-state index is 0.0706. The number of hydrogen-bond acceptors (Lipinski definition) is 2. The van der Waals surface area contributed by atoms with Gasteiger partial charge in [0, 0.05) is 20.0 Å². The van der Waals surface area contributed by atoms with Crippen LogP contribution < -0.4 is 5.32 Å². The molecule has 2 aromatic carbocycles. The topological polar surface area (TPSA) is 46.9 Å². The average molecular weight is 307 g/mol. The SMILES string of the molecule is Cn1c(CCCNC(=O)Cc2ccccc2)nc2ccccc21. The van der Waals surface area contributed by atoms with Gasteiger partial charge in [0.05, 0.1) is 17.5 Å². The molecular formula is C19H21N3O. The molecule has 4 nitrogen and oxygen atoms in total. The molecule has 0 saturated heterocycles. The molecule has 23 heavy (non-hydrogen) atoms. The summed E-state index contributed by atoms with van der Waals surface area (Å²) in [6, 6.07) is 17.9. The summed E-state index contributed by atoms with van der Waals surface area (Å²) >= 11 is 0. The third-order valence-corrected chi connectivity index (χ3v) is 3.99. The molecule has 0 atom stereocenters. The number of aryl methyl sites for hydroxylation is 2. The van der Waals surface area contributed by atoms with Crippen LogP contribution in [0.1, 0.15) is 17.8 Å². The van der Waals surface area contributed by atoms with Crippen LogP contribution in [0.15, 0.2) is 54.6 Å². The van der Waals surface area contributed by atoms with E-state index >= 15 is 0 Å². The van der Waals surface area contributed by atoms with Gasteiger partial charge in [0.25, 0.3) is 0 Å². The van der Waals surface area contributed by atoms with Crippen LogP contribution in [0.5, 0.6) is 0 Å². The molecule has 0 fully saturated rings. The number of para-hydroxylation sites is 2. The average Bonchev–Trinajstić information content (AvgIpc) is 2.89. The molecule has 4 heteroatoms. The van der Waals surface area contributed by atoms with Crippen LogP contribution in [-0.4, -0.2) is 22.0 Å². The molecule has 0 bridgehead atoms. The Balaban J connectivity index is 1.47. The lowest BCUT2D eigenvalue weighted by Crippen LogP contribution is -2.26. The van der Waals surface area contributed by atoms with Crippen molar-refractivity contribution in [2.75, 3.05) is 6.54 Å². The number of nitrogens with one attached hydrogen (secondary N) is 1. The summed E-state index contributed by atoms with van der Waals surface area (Å²) in [6.07, 6.45) is 2.18. The molecule has 0 spiro atoms.